The fourth-order valence-electron chi connectivity index (χ4n) is 2.91. The highest BCUT2D eigenvalue weighted by molar-refractivity contribution is 4.78. The summed E-state index contributed by atoms with van der Waals surface area (Å²) in [6.07, 6.45) is 10.1. The molecule has 0 aromatic rings. The topological polar surface area (TPSA) is 21.3 Å². The fourth-order valence-corrected chi connectivity index (χ4v) is 2.91. The van der Waals surface area contributed by atoms with Crippen LogP contribution >= 0.6 is 0 Å². The van der Waals surface area contributed by atoms with E-state index in [2.05, 4.69) is 12.2 Å². The van der Waals surface area contributed by atoms with Gasteiger partial charge in [0.25, 0.3) is 0 Å². The van der Waals surface area contributed by atoms with Crippen molar-refractivity contribution in [1.82, 2.24) is 5.32 Å². The van der Waals surface area contributed by atoms with Gasteiger partial charge in [0.05, 0.1) is 6.10 Å². The molecular weight excluding hydrogens is 186 g/mol. The summed E-state index contributed by atoms with van der Waals surface area (Å²) < 4.78 is 5.73. The van der Waals surface area contributed by atoms with E-state index in [-0.39, 0.29) is 0 Å². The first-order chi connectivity index (χ1) is 7.36. The summed E-state index contributed by atoms with van der Waals surface area (Å²) in [5, 5.41) is 3.67. The molecule has 0 radical (unpaired) electrons. The van der Waals surface area contributed by atoms with E-state index in [0.29, 0.717) is 12.1 Å². The summed E-state index contributed by atoms with van der Waals surface area (Å²) in [5.74, 6) is 0.925. The molecule has 0 aromatic carbocycles. The molecule has 1 N–H and O–H groups in total. The summed E-state index contributed by atoms with van der Waals surface area (Å²) in [7, 11) is 0. The second kappa shape index (κ2) is 5.86. The van der Waals surface area contributed by atoms with Gasteiger partial charge in [-0.2, -0.15) is 0 Å². The summed E-state index contributed by atoms with van der Waals surface area (Å²) >= 11 is 0. The van der Waals surface area contributed by atoms with Gasteiger partial charge >= 0.3 is 0 Å². The monoisotopic (exact) mass is 211 g/mol. The van der Waals surface area contributed by atoms with E-state index >= 15 is 0 Å². The van der Waals surface area contributed by atoms with Crippen molar-refractivity contribution in [3.8, 4) is 0 Å². The highest BCUT2D eigenvalue weighted by atomic mass is 16.5. The summed E-state index contributed by atoms with van der Waals surface area (Å²) in [6, 6.07) is 0.693. The molecule has 2 fully saturated rings. The smallest absolute Gasteiger partial charge is 0.0699 e. The van der Waals surface area contributed by atoms with Crippen LogP contribution in [0.3, 0.4) is 0 Å². The molecule has 2 atom stereocenters. The van der Waals surface area contributed by atoms with Gasteiger partial charge in [-0.3, -0.25) is 0 Å². The zero-order valence-corrected chi connectivity index (χ0v) is 10.0. The Morgan fingerprint density at radius 3 is 2.53 bits per heavy atom. The van der Waals surface area contributed by atoms with Crippen molar-refractivity contribution >= 4 is 0 Å². The van der Waals surface area contributed by atoms with Crippen LogP contribution in [0, 0.1) is 5.92 Å². The van der Waals surface area contributed by atoms with Gasteiger partial charge in [-0.05, 0) is 44.9 Å². The van der Waals surface area contributed by atoms with E-state index < -0.39 is 0 Å². The van der Waals surface area contributed by atoms with Crippen molar-refractivity contribution in [3.63, 3.8) is 0 Å². The van der Waals surface area contributed by atoms with Crippen molar-refractivity contribution in [3.05, 3.63) is 0 Å². The second-order valence-electron chi connectivity index (χ2n) is 5.23. The Labute approximate surface area is 93.8 Å². The van der Waals surface area contributed by atoms with Crippen LogP contribution in [0.1, 0.15) is 51.9 Å². The molecular formula is C13H25NO. The van der Waals surface area contributed by atoms with Crippen molar-refractivity contribution in [2.45, 2.75) is 64.0 Å². The molecule has 88 valence electrons. The first-order valence-corrected chi connectivity index (χ1v) is 6.71. The summed E-state index contributed by atoms with van der Waals surface area (Å²) in [4.78, 5) is 0. The molecule has 0 amide bonds. The number of hydrogen-bond acceptors (Lipinski definition) is 2. The maximum Gasteiger partial charge on any atom is 0.0699 e. The minimum Gasteiger partial charge on any atom is -0.377 e. The van der Waals surface area contributed by atoms with E-state index in [1.165, 1.54) is 44.9 Å². The van der Waals surface area contributed by atoms with Gasteiger partial charge < -0.3 is 10.1 Å². The third-order valence-corrected chi connectivity index (χ3v) is 4.05. The van der Waals surface area contributed by atoms with Gasteiger partial charge in [-0.15, -0.1) is 0 Å². The van der Waals surface area contributed by atoms with E-state index in [1.54, 1.807) is 0 Å². The molecule has 1 heterocycles. The molecule has 2 nitrogen and oxygen atoms in total. The Balaban J connectivity index is 1.63. The average Bonchev–Trinajstić information content (AvgIpc) is 2.81. The van der Waals surface area contributed by atoms with E-state index in [0.717, 1.165) is 19.1 Å². The first-order valence-electron chi connectivity index (χ1n) is 6.71. The second-order valence-corrected chi connectivity index (χ2v) is 5.23. The Morgan fingerprint density at radius 1 is 1.13 bits per heavy atom. The quantitative estimate of drug-likeness (QED) is 0.772. The van der Waals surface area contributed by atoms with Crippen LogP contribution in [0.2, 0.25) is 0 Å². The lowest BCUT2D eigenvalue weighted by Crippen LogP contribution is -2.39. The van der Waals surface area contributed by atoms with Crippen LogP contribution in [0.15, 0.2) is 0 Å². The standard InChI is InChI=1S/C13H25NO/c1-11(12-6-2-3-7-12)14-10-13-8-4-5-9-15-13/h11-14H,2-10H2,1H3. The lowest BCUT2D eigenvalue weighted by molar-refractivity contribution is 0.0146. The Morgan fingerprint density at radius 2 is 1.87 bits per heavy atom. The molecule has 0 aromatic heterocycles. The predicted octanol–water partition coefficient (Wildman–Crippen LogP) is 2.72. The van der Waals surface area contributed by atoms with Crippen molar-refractivity contribution in [2.75, 3.05) is 13.2 Å². The molecule has 0 bridgehead atoms. The number of hydrogen-bond donors (Lipinski definition) is 1. The molecule has 1 aliphatic heterocycles. The molecule has 2 aliphatic rings. The van der Waals surface area contributed by atoms with Crippen LogP contribution in [0.25, 0.3) is 0 Å². The number of rotatable bonds is 4. The number of nitrogens with one attached hydrogen (secondary N) is 1. The highest BCUT2D eigenvalue weighted by Crippen LogP contribution is 2.27. The Hall–Kier alpha value is -0.0800. The van der Waals surface area contributed by atoms with Gasteiger partial charge in [0.15, 0.2) is 0 Å². The van der Waals surface area contributed by atoms with Crippen LogP contribution in [0.4, 0.5) is 0 Å². The zero-order valence-electron chi connectivity index (χ0n) is 10.0. The van der Waals surface area contributed by atoms with E-state index in [9.17, 15) is 0 Å². The minimum absolute atomic E-state index is 0.489. The molecule has 1 aliphatic carbocycles. The van der Waals surface area contributed by atoms with Crippen LogP contribution in [-0.4, -0.2) is 25.3 Å². The van der Waals surface area contributed by atoms with Crippen molar-refractivity contribution < 1.29 is 4.74 Å². The molecule has 1 saturated carbocycles. The van der Waals surface area contributed by atoms with E-state index in [1.807, 2.05) is 0 Å². The molecule has 1 saturated heterocycles. The van der Waals surface area contributed by atoms with E-state index in [4.69, 9.17) is 4.74 Å². The first kappa shape index (κ1) is 11.4. The van der Waals surface area contributed by atoms with Crippen LogP contribution < -0.4 is 5.32 Å². The maximum atomic E-state index is 5.73. The fraction of sp³-hybridized carbons (Fsp3) is 1.00. The Bertz CT molecular complexity index is 171. The van der Waals surface area contributed by atoms with Gasteiger partial charge in [-0.25, -0.2) is 0 Å². The SMILES string of the molecule is CC(NCC1CCCCO1)C1CCCC1. The largest absolute Gasteiger partial charge is 0.377 e. The van der Waals surface area contributed by atoms with Gasteiger partial charge in [0, 0.05) is 19.2 Å². The zero-order chi connectivity index (χ0) is 10.5. The molecule has 2 unspecified atom stereocenters. The lowest BCUT2D eigenvalue weighted by Gasteiger charge is -2.26. The molecule has 2 rings (SSSR count). The summed E-state index contributed by atoms with van der Waals surface area (Å²) in [6.45, 7) is 4.39. The van der Waals surface area contributed by atoms with Gasteiger partial charge in [0.1, 0.15) is 0 Å². The third-order valence-electron chi connectivity index (χ3n) is 4.05. The lowest BCUT2D eigenvalue weighted by atomic mass is 9.99. The summed E-state index contributed by atoms with van der Waals surface area (Å²) in [5.41, 5.74) is 0. The van der Waals surface area contributed by atoms with Gasteiger partial charge in [0.2, 0.25) is 0 Å². The normalized spacial score (nSPS) is 30.6. The molecule has 2 heteroatoms. The maximum absolute atomic E-state index is 5.73. The highest BCUT2D eigenvalue weighted by Gasteiger charge is 2.22. The number of ether oxygens (including phenoxy) is 1. The average molecular weight is 211 g/mol. The Kier molecular flexibility index (Phi) is 4.45. The van der Waals surface area contributed by atoms with Gasteiger partial charge in [-0.1, -0.05) is 12.8 Å². The molecule has 15 heavy (non-hydrogen) atoms. The van der Waals surface area contributed by atoms with Crippen LogP contribution in [-0.2, 0) is 4.74 Å². The minimum atomic E-state index is 0.489. The molecule has 0 spiro atoms. The van der Waals surface area contributed by atoms with Crippen molar-refractivity contribution in [2.24, 2.45) is 5.92 Å². The predicted molar refractivity (Wildman–Crippen MR) is 63.0 cm³/mol. The van der Waals surface area contributed by atoms with Crippen molar-refractivity contribution in [1.29, 1.82) is 0 Å². The van der Waals surface area contributed by atoms with Crippen LogP contribution in [0.5, 0.6) is 0 Å². The third kappa shape index (κ3) is 3.46.